The molecule has 0 aliphatic carbocycles. The highest BCUT2D eigenvalue weighted by atomic mass is 16.2. The molecule has 10 nitrogen and oxygen atoms in total. The van der Waals surface area contributed by atoms with Gasteiger partial charge in [0, 0.05) is 24.6 Å². The number of nitrogens with two attached hydrogens (primary N) is 1. The summed E-state index contributed by atoms with van der Waals surface area (Å²) in [7, 11) is 1.56. The fraction of sp³-hybridized carbons (Fsp3) is 0.105. The molecular formula is C19H19N9O. The quantitative estimate of drug-likeness (QED) is 0.421. The van der Waals surface area contributed by atoms with Crippen LogP contribution in [0.4, 0.5) is 27.9 Å². The van der Waals surface area contributed by atoms with Gasteiger partial charge in [0.15, 0.2) is 11.6 Å². The van der Waals surface area contributed by atoms with Crippen LogP contribution in [0.1, 0.15) is 5.82 Å². The zero-order valence-corrected chi connectivity index (χ0v) is 15.8. The minimum atomic E-state index is -0.281. The van der Waals surface area contributed by atoms with Crippen molar-refractivity contribution in [3.8, 4) is 11.5 Å². The Morgan fingerprint density at radius 1 is 1.00 bits per heavy atom. The van der Waals surface area contributed by atoms with E-state index in [1.54, 1.807) is 26.1 Å². The highest BCUT2D eigenvalue weighted by molar-refractivity contribution is 5.89. The van der Waals surface area contributed by atoms with E-state index in [0.29, 0.717) is 28.8 Å². The van der Waals surface area contributed by atoms with E-state index in [9.17, 15) is 4.79 Å². The normalized spacial score (nSPS) is 10.7. The zero-order valence-electron chi connectivity index (χ0n) is 15.8. The lowest BCUT2D eigenvalue weighted by Crippen LogP contribution is -2.24. The molecule has 1 aromatic carbocycles. The number of urea groups is 1. The molecule has 2 amide bonds. The molecule has 0 bridgehead atoms. The number of hydrogen-bond acceptors (Lipinski definition) is 7. The number of rotatable bonds is 4. The SMILES string of the molecule is CNC(=O)Nc1ccc(Nc2nc3ccccn3c2-c2nc(C)nc(N)n2)cc1. The number of carbonyl (C=O) groups excluding carboxylic acids is 1. The number of nitrogens with zero attached hydrogens (tertiary/aromatic N) is 5. The van der Waals surface area contributed by atoms with Gasteiger partial charge in [0.1, 0.15) is 17.2 Å². The summed E-state index contributed by atoms with van der Waals surface area (Å²) >= 11 is 0. The number of amides is 2. The van der Waals surface area contributed by atoms with Gasteiger partial charge in [0.2, 0.25) is 5.95 Å². The molecule has 0 saturated heterocycles. The first kappa shape index (κ1) is 18.2. The molecule has 0 saturated carbocycles. The molecule has 0 fully saturated rings. The Balaban J connectivity index is 1.73. The van der Waals surface area contributed by atoms with Gasteiger partial charge in [-0.05, 0) is 43.3 Å². The van der Waals surface area contributed by atoms with Crippen molar-refractivity contribution in [3.63, 3.8) is 0 Å². The molecule has 29 heavy (non-hydrogen) atoms. The van der Waals surface area contributed by atoms with Crippen molar-refractivity contribution in [1.82, 2.24) is 29.7 Å². The van der Waals surface area contributed by atoms with Gasteiger partial charge in [0.25, 0.3) is 0 Å². The molecule has 3 heterocycles. The number of imidazole rings is 1. The van der Waals surface area contributed by atoms with Crippen LogP contribution in [0.15, 0.2) is 48.7 Å². The average molecular weight is 389 g/mol. The van der Waals surface area contributed by atoms with E-state index < -0.39 is 0 Å². The molecule has 0 spiro atoms. The van der Waals surface area contributed by atoms with Crippen LogP contribution in [0.2, 0.25) is 0 Å². The predicted octanol–water partition coefficient (Wildman–Crippen LogP) is 2.57. The molecule has 4 rings (SSSR count). The van der Waals surface area contributed by atoms with Crippen LogP contribution in [0.3, 0.4) is 0 Å². The van der Waals surface area contributed by atoms with E-state index in [4.69, 9.17) is 5.73 Å². The van der Waals surface area contributed by atoms with Gasteiger partial charge in [0.05, 0.1) is 0 Å². The molecule has 3 aromatic heterocycles. The fourth-order valence-corrected chi connectivity index (χ4v) is 2.87. The second-order valence-corrected chi connectivity index (χ2v) is 6.21. The van der Waals surface area contributed by atoms with Crippen LogP contribution in [0.5, 0.6) is 0 Å². The largest absolute Gasteiger partial charge is 0.368 e. The van der Waals surface area contributed by atoms with E-state index in [-0.39, 0.29) is 12.0 Å². The maximum atomic E-state index is 11.4. The van der Waals surface area contributed by atoms with Gasteiger partial charge in [-0.1, -0.05) is 6.07 Å². The molecule has 0 unspecified atom stereocenters. The van der Waals surface area contributed by atoms with E-state index in [0.717, 1.165) is 11.3 Å². The van der Waals surface area contributed by atoms with E-state index in [1.165, 1.54) is 0 Å². The van der Waals surface area contributed by atoms with Crippen LogP contribution in [-0.4, -0.2) is 37.4 Å². The van der Waals surface area contributed by atoms with Crippen LogP contribution in [0.25, 0.3) is 17.2 Å². The third kappa shape index (κ3) is 3.76. The van der Waals surface area contributed by atoms with Crippen molar-refractivity contribution in [3.05, 3.63) is 54.5 Å². The molecule has 0 aliphatic rings. The molecule has 5 N–H and O–H groups in total. The number of nitrogen functional groups attached to an aromatic ring is 1. The molecule has 0 radical (unpaired) electrons. The molecule has 0 aliphatic heterocycles. The number of benzene rings is 1. The topological polar surface area (TPSA) is 135 Å². The third-order valence-electron chi connectivity index (χ3n) is 4.14. The van der Waals surface area contributed by atoms with Crippen molar-refractivity contribution >= 4 is 34.8 Å². The van der Waals surface area contributed by atoms with Crippen molar-refractivity contribution in [1.29, 1.82) is 0 Å². The van der Waals surface area contributed by atoms with Gasteiger partial charge in [-0.15, -0.1) is 0 Å². The Hall–Kier alpha value is -4.21. The van der Waals surface area contributed by atoms with Crippen molar-refractivity contribution in [2.24, 2.45) is 0 Å². The number of anilines is 4. The molecule has 4 aromatic rings. The summed E-state index contributed by atoms with van der Waals surface area (Å²) in [5, 5.41) is 8.52. The van der Waals surface area contributed by atoms with Crippen LogP contribution in [-0.2, 0) is 0 Å². The van der Waals surface area contributed by atoms with Crippen molar-refractivity contribution in [2.45, 2.75) is 6.92 Å². The minimum absolute atomic E-state index is 0.147. The summed E-state index contributed by atoms with van der Waals surface area (Å²) in [6, 6.07) is 12.7. The summed E-state index contributed by atoms with van der Waals surface area (Å²) in [4.78, 5) is 28.8. The minimum Gasteiger partial charge on any atom is -0.368 e. The summed E-state index contributed by atoms with van der Waals surface area (Å²) in [5.74, 6) is 1.67. The summed E-state index contributed by atoms with van der Waals surface area (Å²) in [5.41, 5.74) is 8.70. The number of pyridine rings is 1. The second kappa shape index (κ2) is 7.43. The first-order valence-corrected chi connectivity index (χ1v) is 8.85. The summed E-state index contributed by atoms with van der Waals surface area (Å²) < 4.78 is 1.89. The van der Waals surface area contributed by atoms with E-state index in [1.807, 2.05) is 40.9 Å². The van der Waals surface area contributed by atoms with Crippen LogP contribution >= 0.6 is 0 Å². The number of hydrogen-bond donors (Lipinski definition) is 4. The molecule has 10 heteroatoms. The zero-order chi connectivity index (χ0) is 20.4. The lowest BCUT2D eigenvalue weighted by Gasteiger charge is -2.09. The lowest BCUT2D eigenvalue weighted by atomic mass is 10.2. The number of carbonyl (C=O) groups is 1. The molecular weight excluding hydrogens is 370 g/mol. The number of fused-ring (bicyclic) bond motifs is 1. The number of aryl methyl sites for hydroxylation is 1. The lowest BCUT2D eigenvalue weighted by molar-refractivity contribution is 0.254. The number of nitrogens with one attached hydrogen (secondary N) is 3. The Morgan fingerprint density at radius 2 is 1.76 bits per heavy atom. The van der Waals surface area contributed by atoms with E-state index in [2.05, 4.69) is 35.9 Å². The highest BCUT2D eigenvalue weighted by Crippen LogP contribution is 2.29. The van der Waals surface area contributed by atoms with Crippen LogP contribution in [0, 0.1) is 6.92 Å². The maximum absolute atomic E-state index is 11.4. The monoisotopic (exact) mass is 389 g/mol. The Morgan fingerprint density at radius 3 is 2.48 bits per heavy atom. The van der Waals surface area contributed by atoms with Gasteiger partial charge < -0.3 is 21.7 Å². The van der Waals surface area contributed by atoms with Gasteiger partial charge >= 0.3 is 6.03 Å². The fourth-order valence-electron chi connectivity index (χ4n) is 2.87. The maximum Gasteiger partial charge on any atom is 0.318 e. The first-order valence-electron chi connectivity index (χ1n) is 8.85. The van der Waals surface area contributed by atoms with Crippen LogP contribution < -0.4 is 21.7 Å². The standard InChI is InChI=1S/C19H19N9O/c1-11-22-16(27-18(20)23-11)15-17(26-14-5-3-4-10-28(14)15)24-12-6-8-13(9-7-12)25-19(29)21-2/h3-10,24H,1-2H3,(H2,21,25,29)(H2,20,22,23,27). The average Bonchev–Trinajstić information content (AvgIpc) is 3.06. The van der Waals surface area contributed by atoms with Crippen molar-refractivity contribution < 1.29 is 4.79 Å². The summed E-state index contributed by atoms with van der Waals surface area (Å²) in [6.07, 6.45) is 1.88. The predicted molar refractivity (Wildman–Crippen MR) is 111 cm³/mol. The van der Waals surface area contributed by atoms with Gasteiger partial charge in [-0.25, -0.2) is 14.8 Å². The van der Waals surface area contributed by atoms with Gasteiger partial charge in [-0.2, -0.15) is 9.97 Å². The Kier molecular flexibility index (Phi) is 4.65. The Bertz CT molecular complexity index is 1160. The second-order valence-electron chi connectivity index (χ2n) is 6.21. The number of aromatic nitrogens is 5. The first-order chi connectivity index (χ1) is 14.0. The van der Waals surface area contributed by atoms with Crippen molar-refractivity contribution in [2.75, 3.05) is 23.4 Å². The Labute approximate surface area is 166 Å². The van der Waals surface area contributed by atoms with E-state index >= 15 is 0 Å². The molecule has 146 valence electrons. The van der Waals surface area contributed by atoms with Gasteiger partial charge in [-0.3, -0.25) is 4.40 Å². The molecule has 0 atom stereocenters. The smallest absolute Gasteiger partial charge is 0.318 e. The third-order valence-corrected chi connectivity index (χ3v) is 4.14. The highest BCUT2D eigenvalue weighted by Gasteiger charge is 2.18. The summed E-state index contributed by atoms with van der Waals surface area (Å²) in [6.45, 7) is 1.76.